The molecule has 1 unspecified atom stereocenters. The number of carboxylic acids is 1. The number of rotatable bonds is 3. The van der Waals surface area contributed by atoms with Crippen molar-refractivity contribution in [2.24, 2.45) is 0 Å². The molecule has 7 nitrogen and oxygen atoms in total. The van der Waals surface area contributed by atoms with Gasteiger partial charge in [-0.25, -0.2) is 9.78 Å². The SMILES string of the molecule is CN1CCC(NC(=O)c2cccc(C(=O)O)n2)C1=O. The second-order valence-corrected chi connectivity index (χ2v) is 4.29. The number of aromatic nitrogens is 1. The van der Waals surface area contributed by atoms with Crippen molar-refractivity contribution >= 4 is 17.8 Å². The highest BCUT2D eigenvalue weighted by atomic mass is 16.4. The van der Waals surface area contributed by atoms with Gasteiger partial charge in [-0.15, -0.1) is 0 Å². The molecule has 1 aromatic rings. The highest BCUT2D eigenvalue weighted by molar-refractivity contribution is 5.97. The molecule has 0 saturated carbocycles. The van der Waals surface area contributed by atoms with Crippen molar-refractivity contribution in [2.45, 2.75) is 12.5 Å². The molecule has 0 radical (unpaired) electrons. The lowest BCUT2D eigenvalue weighted by atomic mass is 10.2. The van der Waals surface area contributed by atoms with Crippen molar-refractivity contribution in [3.63, 3.8) is 0 Å². The molecule has 2 heterocycles. The fourth-order valence-corrected chi connectivity index (χ4v) is 1.87. The molecule has 0 aliphatic carbocycles. The summed E-state index contributed by atoms with van der Waals surface area (Å²) in [5.41, 5.74) is -0.218. The lowest BCUT2D eigenvalue weighted by Crippen LogP contribution is -2.40. The summed E-state index contributed by atoms with van der Waals surface area (Å²) in [5, 5.41) is 11.4. The first kappa shape index (κ1) is 13.0. The van der Waals surface area contributed by atoms with Gasteiger partial charge in [0.25, 0.3) is 5.91 Å². The third kappa shape index (κ3) is 2.70. The Kier molecular flexibility index (Phi) is 3.46. The number of hydrogen-bond donors (Lipinski definition) is 2. The second-order valence-electron chi connectivity index (χ2n) is 4.29. The van der Waals surface area contributed by atoms with Gasteiger partial charge in [-0.05, 0) is 18.6 Å². The smallest absolute Gasteiger partial charge is 0.354 e. The fraction of sp³-hybridized carbons (Fsp3) is 0.333. The number of carboxylic acid groups (broad SMARTS) is 1. The van der Waals surface area contributed by atoms with Crippen molar-refractivity contribution < 1.29 is 19.5 Å². The van der Waals surface area contributed by atoms with Crippen molar-refractivity contribution in [1.82, 2.24) is 15.2 Å². The van der Waals surface area contributed by atoms with Crippen LogP contribution in [0, 0.1) is 0 Å². The van der Waals surface area contributed by atoms with Crippen LogP contribution in [0.3, 0.4) is 0 Å². The van der Waals surface area contributed by atoms with Crippen molar-refractivity contribution in [2.75, 3.05) is 13.6 Å². The quantitative estimate of drug-likeness (QED) is 0.782. The van der Waals surface area contributed by atoms with Gasteiger partial charge in [0.15, 0.2) is 0 Å². The molecule has 1 aromatic heterocycles. The van der Waals surface area contributed by atoms with E-state index in [4.69, 9.17) is 5.11 Å². The van der Waals surface area contributed by atoms with Gasteiger partial charge in [0.2, 0.25) is 5.91 Å². The molecular formula is C12H13N3O4. The van der Waals surface area contributed by atoms with Gasteiger partial charge in [-0.3, -0.25) is 9.59 Å². The van der Waals surface area contributed by atoms with Crippen LogP contribution in [0.2, 0.25) is 0 Å². The van der Waals surface area contributed by atoms with Crippen LogP contribution in [-0.2, 0) is 4.79 Å². The maximum absolute atomic E-state index is 11.9. The number of aromatic carboxylic acids is 1. The van der Waals surface area contributed by atoms with Crippen LogP contribution < -0.4 is 5.32 Å². The van der Waals surface area contributed by atoms with Crippen molar-refractivity contribution in [3.05, 3.63) is 29.6 Å². The lowest BCUT2D eigenvalue weighted by Gasteiger charge is -2.11. The summed E-state index contributed by atoms with van der Waals surface area (Å²) in [5.74, 6) is -1.90. The van der Waals surface area contributed by atoms with E-state index in [-0.39, 0.29) is 17.3 Å². The fourth-order valence-electron chi connectivity index (χ4n) is 1.87. The number of nitrogens with zero attached hydrogens (tertiary/aromatic N) is 2. The third-order valence-corrected chi connectivity index (χ3v) is 2.93. The first-order valence-electron chi connectivity index (χ1n) is 5.75. The minimum atomic E-state index is -1.20. The maximum atomic E-state index is 11.9. The van der Waals surface area contributed by atoms with Crippen LogP contribution in [0.4, 0.5) is 0 Å². The van der Waals surface area contributed by atoms with Crippen LogP contribution in [0.25, 0.3) is 0 Å². The van der Waals surface area contributed by atoms with Gasteiger partial charge in [-0.2, -0.15) is 0 Å². The average molecular weight is 263 g/mol. The predicted molar refractivity (Wildman–Crippen MR) is 64.7 cm³/mol. The zero-order chi connectivity index (χ0) is 14.0. The molecule has 1 aliphatic heterocycles. The number of nitrogens with one attached hydrogen (secondary N) is 1. The number of likely N-dealkylation sites (tertiary alicyclic amines) is 1. The zero-order valence-electron chi connectivity index (χ0n) is 10.3. The topological polar surface area (TPSA) is 99.6 Å². The van der Waals surface area contributed by atoms with E-state index in [1.807, 2.05) is 0 Å². The summed E-state index contributed by atoms with van der Waals surface area (Å²) < 4.78 is 0. The first-order valence-corrected chi connectivity index (χ1v) is 5.75. The molecule has 0 spiro atoms. The summed E-state index contributed by atoms with van der Waals surface area (Å²) in [6.45, 7) is 0.590. The van der Waals surface area contributed by atoms with Crippen LogP contribution >= 0.6 is 0 Å². The Morgan fingerprint density at radius 1 is 1.42 bits per heavy atom. The number of pyridine rings is 1. The van der Waals surface area contributed by atoms with Crippen LogP contribution in [0.1, 0.15) is 27.4 Å². The van der Waals surface area contributed by atoms with Crippen LogP contribution in [0.15, 0.2) is 18.2 Å². The van der Waals surface area contributed by atoms with E-state index in [0.29, 0.717) is 13.0 Å². The molecule has 0 bridgehead atoms. The third-order valence-electron chi connectivity index (χ3n) is 2.93. The zero-order valence-corrected chi connectivity index (χ0v) is 10.3. The number of likely N-dealkylation sites (N-methyl/N-ethyl adjacent to an activating group) is 1. The Morgan fingerprint density at radius 3 is 2.68 bits per heavy atom. The predicted octanol–water partition coefficient (Wildman–Crippen LogP) is -0.260. The molecule has 19 heavy (non-hydrogen) atoms. The molecule has 1 atom stereocenters. The number of amides is 2. The van der Waals surface area contributed by atoms with Gasteiger partial charge in [0, 0.05) is 13.6 Å². The summed E-state index contributed by atoms with van der Waals surface area (Å²) >= 11 is 0. The number of carbonyl (C=O) groups excluding carboxylic acids is 2. The van der Waals surface area contributed by atoms with Gasteiger partial charge >= 0.3 is 5.97 Å². The lowest BCUT2D eigenvalue weighted by molar-refractivity contribution is -0.128. The van der Waals surface area contributed by atoms with Crippen molar-refractivity contribution in [1.29, 1.82) is 0 Å². The summed E-state index contributed by atoms with van der Waals surface area (Å²) in [6, 6.07) is 3.58. The molecule has 7 heteroatoms. The molecule has 2 amide bonds. The largest absolute Gasteiger partial charge is 0.477 e. The molecule has 0 aromatic carbocycles. The van der Waals surface area contributed by atoms with Gasteiger partial charge in [0.1, 0.15) is 17.4 Å². The standard InChI is InChI=1S/C12H13N3O4/c1-15-6-5-8(11(15)17)14-10(16)7-3-2-4-9(13-7)12(18)19/h2-4,8H,5-6H2,1H3,(H,14,16)(H,18,19). The Labute approximate surface area is 109 Å². The highest BCUT2D eigenvalue weighted by Gasteiger charge is 2.30. The highest BCUT2D eigenvalue weighted by Crippen LogP contribution is 2.09. The van der Waals surface area contributed by atoms with Gasteiger partial charge in [-0.1, -0.05) is 6.07 Å². The number of carbonyl (C=O) groups is 3. The van der Waals surface area contributed by atoms with E-state index in [9.17, 15) is 14.4 Å². The van der Waals surface area contributed by atoms with E-state index >= 15 is 0 Å². The van der Waals surface area contributed by atoms with Crippen LogP contribution in [-0.4, -0.2) is 52.4 Å². The normalized spacial score (nSPS) is 18.5. The number of hydrogen-bond acceptors (Lipinski definition) is 4. The Morgan fingerprint density at radius 2 is 2.11 bits per heavy atom. The molecule has 1 saturated heterocycles. The molecule has 1 aliphatic rings. The van der Waals surface area contributed by atoms with E-state index in [1.165, 1.54) is 23.1 Å². The monoisotopic (exact) mass is 263 g/mol. The Balaban J connectivity index is 2.10. The molecular weight excluding hydrogens is 250 g/mol. The Hall–Kier alpha value is -2.44. The van der Waals surface area contributed by atoms with E-state index in [1.54, 1.807) is 7.05 Å². The molecule has 1 fully saturated rings. The molecule has 2 N–H and O–H groups in total. The average Bonchev–Trinajstić information content (AvgIpc) is 2.71. The molecule has 100 valence electrons. The summed E-state index contributed by atoms with van der Waals surface area (Å²) in [6.07, 6.45) is 0.541. The first-order chi connectivity index (χ1) is 8.99. The van der Waals surface area contributed by atoms with Gasteiger partial charge < -0.3 is 15.3 Å². The second kappa shape index (κ2) is 5.05. The van der Waals surface area contributed by atoms with Crippen LogP contribution in [0.5, 0.6) is 0 Å². The van der Waals surface area contributed by atoms with E-state index in [2.05, 4.69) is 10.3 Å². The minimum absolute atomic E-state index is 0.0118. The van der Waals surface area contributed by atoms with Gasteiger partial charge in [0.05, 0.1) is 0 Å². The summed E-state index contributed by atoms with van der Waals surface area (Å²) in [4.78, 5) is 39.6. The maximum Gasteiger partial charge on any atom is 0.354 e. The Bertz CT molecular complexity index is 544. The summed E-state index contributed by atoms with van der Waals surface area (Å²) in [7, 11) is 1.66. The minimum Gasteiger partial charge on any atom is -0.477 e. The van der Waals surface area contributed by atoms with E-state index < -0.39 is 17.9 Å². The van der Waals surface area contributed by atoms with Crippen molar-refractivity contribution in [3.8, 4) is 0 Å². The molecule has 2 rings (SSSR count). The van der Waals surface area contributed by atoms with E-state index in [0.717, 1.165) is 0 Å².